The van der Waals surface area contributed by atoms with Gasteiger partial charge in [0.25, 0.3) is 0 Å². The van der Waals surface area contributed by atoms with E-state index in [2.05, 4.69) is 56.1 Å². The van der Waals surface area contributed by atoms with Crippen LogP contribution in [0.3, 0.4) is 0 Å². The lowest BCUT2D eigenvalue weighted by molar-refractivity contribution is 0.193. The van der Waals surface area contributed by atoms with Gasteiger partial charge in [0.1, 0.15) is 0 Å². The minimum atomic E-state index is 0.0813. The van der Waals surface area contributed by atoms with E-state index in [0.717, 1.165) is 45.6 Å². The third-order valence-corrected chi connectivity index (χ3v) is 4.51. The van der Waals surface area contributed by atoms with E-state index in [1.165, 1.54) is 16.8 Å². The fourth-order valence-electron chi connectivity index (χ4n) is 3.16. The molecule has 4 nitrogen and oxygen atoms in total. The Balaban J connectivity index is 2.01. The molecule has 1 N–H and O–H groups in total. The zero-order valence-electron chi connectivity index (χ0n) is 15.1. The molecule has 1 aromatic carbocycles. The van der Waals surface area contributed by atoms with Crippen molar-refractivity contribution in [2.45, 2.75) is 40.5 Å². The van der Waals surface area contributed by atoms with Gasteiger partial charge in [-0.15, -0.1) is 0 Å². The average molecular weight is 317 g/mol. The standard InChI is InChI=1S/C19H31N3O/c1-5-16-8-7-9-17(6-2)18(16)21-10-12-22(13-11-21)19(23)20-14-15(3)4/h7-9,15H,5-6,10-14H2,1-4H3,(H,20,23). The second-order valence-corrected chi connectivity index (χ2v) is 6.69. The van der Waals surface area contributed by atoms with Crippen LogP contribution in [0.2, 0.25) is 0 Å². The molecule has 1 aromatic rings. The first-order valence-electron chi connectivity index (χ1n) is 8.95. The van der Waals surface area contributed by atoms with E-state index in [0.29, 0.717) is 5.92 Å². The number of nitrogens with one attached hydrogen (secondary N) is 1. The first-order chi connectivity index (χ1) is 11.1. The van der Waals surface area contributed by atoms with Gasteiger partial charge in [-0.2, -0.15) is 0 Å². The Kier molecular flexibility index (Phi) is 6.31. The number of rotatable bonds is 5. The molecule has 1 aliphatic rings. The highest BCUT2D eigenvalue weighted by Crippen LogP contribution is 2.27. The summed E-state index contributed by atoms with van der Waals surface area (Å²) in [6, 6.07) is 6.71. The minimum absolute atomic E-state index is 0.0813. The molecule has 0 radical (unpaired) electrons. The number of carbonyl (C=O) groups is 1. The third kappa shape index (κ3) is 4.40. The lowest BCUT2D eigenvalue weighted by Crippen LogP contribution is -2.52. The Morgan fingerprint density at radius 1 is 1.09 bits per heavy atom. The summed E-state index contributed by atoms with van der Waals surface area (Å²) in [5.74, 6) is 0.490. The molecular weight excluding hydrogens is 286 g/mol. The van der Waals surface area contributed by atoms with Crippen molar-refractivity contribution in [1.29, 1.82) is 0 Å². The number of aryl methyl sites for hydroxylation is 2. The summed E-state index contributed by atoms with van der Waals surface area (Å²) in [4.78, 5) is 16.6. The smallest absolute Gasteiger partial charge is 0.317 e. The van der Waals surface area contributed by atoms with Gasteiger partial charge in [-0.3, -0.25) is 0 Å². The van der Waals surface area contributed by atoms with Gasteiger partial charge in [-0.25, -0.2) is 4.79 Å². The Labute approximate surface area is 140 Å². The summed E-state index contributed by atoms with van der Waals surface area (Å²) in [6.45, 7) is 12.8. The molecule has 1 saturated heterocycles. The number of hydrogen-bond donors (Lipinski definition) is 1. The van der Waals surface area contributed by atoms with Gasteiger partial charge >= 0.3 is 6.03 Å². The van der Waals surface area contributed by atoms with E-state index < -0.39 is 0 Å². The van der Waals surface area contributed by atoms with Crippen molar-refractivity contribution in [1.82, 2.24) is 10.2 Å². The lowest BCUT2D eigenvalue weighted by Gasteiger charge is -2.38. The van der Waals surface area contributed by atoms with E-state index in [4.69, 9.17) is 0 Å². The van der Waals surface area contributed by atoms with Crippen LogP contribution in [0.5, 0.6) is 0 Å². The van der Waals surface area contributed by atoms with E-state index in [1.807, 2.05) is 4.90 Å². The van der Waals surface area contributed by atoms with E-state index >= 15 is 0 Å². The van der Waals surface area contributed by atoms with Gasteiger partial charge < -0.3 is 15.1 Å². The molecule has 1 aliphatic heterocycles. The summed E-state index contributed by atoms with van der Waals surface area (Å²) in [5.41, 5.74) is 4.24. The van der Waals surface area contributed by atoms with Crippen molar-refractivity contribution in [2.75, 3.05) is 37.6 Å². The van der Waals surface area contributed by atoms with Crippen LogP contribution in [0.15, 0.2) is 18.2 Å². The molecule has 0 atom stereocenters. The van der Waals surface area contributed by atoms with Crippen LogP contribution in [-0.4, -0.2) is 43.7 Å². The first kappa shape index (κ1) is 17.6. The van der Waals surface area contributed by atoms with Crippen molar-refractivity contribution >= 4 is 11.7 Å². The van der Waals surface area contributed by atoms with Crippen molar-refractivity contribution in [2.24, 2.45) is 5.92 Å². The normalized spacial score (nSPS) is 15.2. The Morgan fingerprint density at radius 2 is 1.65 bits per heavy atom. The SMILES string of the molecule is CCc1cccc(CC)c1N1CCN(C(=O)NCC(C)C)CC1. The third-order valence-electron chi connectivity index (χ3n) is 4.51. The molecule has 2 rings (SSSR count). The molecule has 0 unspecified atom stereocenters. The number of carbonyl (C=O) groups excluding carboxylic acids is 1. The molecule has 1 heterocycles. The largest absolute Gasteiger partial charge is 0.368 e. The average Bonchev–Trinajstić information content (AvgIpc) is 2.58. The number of urea groups is 1. The van der Waals surface area contributed by atoms with E-state index in [-0.39, 0.29) is 6.03 Å². The van der Waals surface area contributed by atoms with E-state index in [1.54, 1.807) is 0 Å². The molecule has 0 spiro atoms. The number of hydrogen-bond acceptors (Lipinski definition) is 2. The Morgan fingerprint density at radius 3 is 2.13 bits per heavy atom. The Bertz CT molecular complexity index is 497. The van der Waals surface area contributed by atoms with Gasteiger partial charge in [0.2, 0.25) is 0 Å². The van der Waals surface area contributed by atoms with Crippen molar-refractivity contribution < 1.29 is 4.79 Å². The fourth-order valence-corrected chi connectivity index (χ4v) is 3.16. The number of anilines is 1. The molecular formula is C19H31N3O. The van der Waals surface area contributed by atoms with Gasteiger partial charge in [-0.05, 0) is 29.9 Å². The second kappa shape index (κ2) is 8.23. The van der Waals surface area contributed by atoms with Crippen LogP contribution in [0.4, 0.5) is 10.5 Å². The predicted molar refractivity (Wildman–Crippen MR) is 97.2 cm³/mol. The lowest BCUT2D eigenvalue weighted by atomic mass is 10.0. The van der Waals surface area contributed by atoms with Crippen molar-refractivity contribution in [3.63, 3.8) is 0 Å². The number of piperazine rings is 1. The maximum atomic E-state index is 12.2. The quantitative estimate of drug-likeness (QED) is 0.904. The van der Waals surface area contributed by atoms with Crippen LogP contribution < -0.4 is 10.2 Å². The molecule has 0 bridgehead atoms. The molecule has 23 heavy (non-hydrogen) atoms. The van der Waals surface area contributed by atoms with Crippen LogP contribution in [-0.2, 0) is 12.8 Å². The summed E-state index contributed by atoms with van der Waals surface area (Å²) in [6.07, 6.45) is 2.11. The van der Waals surface area contributed by atoms with E-state index in [9.17, 15) is 4.79 Å². The monoisotopic (exact) mass is 317 g/mol. The van der Waals surface area contributed by atoms with Gasteiger partial charge in [0.15, 0.2) is 0 Å². The fraction of sp³-hybridized carbons (Fsp3) is 0.632. The highest BCUT2D eigenvalue weighted by molar-refractivity contribution is 5.74. The van der Waals surface area contributed by atoms with Gasteiger partial charge in [0, 0.05) is 38.4 Å². The highest BCUT2D eigenvalue weighted by Gasteiger charge is 2.23. The van der Waals surface area contributed by atoms with Crippen LogP contribution in [0, 0.1) is 5.92 Å². The summed E-state index contributed by atoms with van der Waals surface area (Å²) in [5, 5.41) is 3.02. The number of benzene rings is 1. The van der Waals surface area contributed by atoms with Crippen molar-refractivity contribution in [3.05, 3.63) is 29.3 Å². The maximum Gasteiger partial charge on any atom is 0.317 e. The summed E-state index contributed by atoms with van der Waals surface area (Å²) < 4.78 is 0. The van der Waals surface area contributed by atoms with Crippen LogP contribution in [0.1, 0.15) is 38.8 Å². The summed E-state index contributed by atoms with van der Waals surface area (Å²) >= 11 is 0. The molecule has 1 fully saturated rings. The number of amides is 2. The topological polar surface area (TPSA) is 35.6 Å². The maximum absolute atomic E-state index is 12.2. The highest BCUT2D eigenvalue weighted by atomic mass is 16.2. The number of para-hydroxylation sites is 1. The molecule has 0 aromatic heterocycles. The zero-order chi connectivity index (χ0) is 16.8. The number of nitrogens with zero attached hydrogens (tertiary/aromatic N) is 2. The molecule has 128 valence electrons. The zero-order valence-corrected chi connectivity index (χ0v) is 15.1. The van der Waals surface area contributed by atoms with Crippen LogP contribution in [0.25, 0.3) is 0 Å². The van der Waals surface area contributed by atoms with Gasteiger partial charge in [-0.1, -0.05) is 45.9 Å². The van der Waals surface area contributed by atoms with Crippen LogP contribution >= 0.6 is 0 Å². The summed E-state index contributed by atoms with van der Waals surface area (Å²) in [7, 11) is 0. The Hall–Kier alpha value is -1.71. The molecule has 0 aliphatic carbocycles. The first-order valence-corrected chi connectivity index (χ1v) is 8.95. The van der Waals surface area contributed by atoms with Crippen molar-refractivity contribution in [3.8, 4) is 0 Å². The van der Waals surface area contributed by atoms with Gasteiger partial charge in [0.05, 0.1) is 0 Å². The second-order valence-electron chi connectivity index (χ2n) is 6.69. The minimum Gasteiger partial charge on any atom is -0.368 e. The molecule has 4 heteroatoms. The molecule has 0 saturated carbocycles. The molecule has 2 amide bonds. The predicted octanol–water partition coefficient (Wildman–Crippen LogP) is 3.30.